The van der Waals surface area contributed by atoms with E-state index in [1.807, 2.05) is 21.2 Å². The number of hydrogen-bond acceptors (Lipinski definition) is 4. The Morgan fingerprint density at radius 1 is 1.31 bits per heavy atom. The number of hydrogen-bond donors (Lipinski definition) is 1. The number of carbonyl (C=O) groups excluding carboxylic acids is 1. The number of fused-ring (bicyclic) bond motifs is 1. The summed E-state index contributed by atoms with van der Waals surface area (Å²) in [5, 5.41) is 6.80. The van der Waals surface area contributed by atoms with E-state index >= 15 is 0 Å². The molecule has 9 heteroatoms. The molecule has 3 heterocycles. The molecular formula is C17H14AlF2N5O. The van der Waals surface area contributed by atoms with E-state index in [1.165, 1.54) is 12.3 Å². The molecule has 1 aliphatic heterocycles. The molecule has 3 aromatic rings. The number of amides is 1. The summed E-state index contributed by atoms with van der Waals surface area (Å²) in [6.45, 7) is 0.684. The molecule has 0 spiro atoms. The summed E-state index contributed by atoms with van der Waals surface area (Å²) in [6, 6.07) is 5.01. The third kappa shape index (κ3) is 3.04. The lowest BCUT2D eigenvalue weighted by molar-refractivity contribution is 0.269. The van der Waals surface area contributed by atoms with Gasteiger partial charge in [0, 0.05) is 18.3 Å². The van der Waals surface area contributed by atoms with Crippen LogP contribution >= 0.6 is 0 Å². The third-order valence-corrected chi connectivity index (χ3v) is 4.62. The van der Waals surface area contributed by atoms with E-state index in [2.05, 4.69) is 15.4 Å². The number of halogens is 2. The van der Waals surface area contributed by atoms with E-state index in [-0.39, 0.29) is 10.8 Å². The van der Waals surface area contributed by atoms with Gasteiger partial charge in [-0.15, -0.1) is 0 Å². The molecule has 0 unspecified atom stereocenters. The Hall–Kier alpha value is -2.50. The number of benzene rings is 1. The zero-order valence-corrected chi connectivity index (χ0v) is 14.8. The second-order valence-corrected chi connectivity index (χ2v) is 6.64. The number of carbonyl (C=O) groups is 1. The highest BCUT2D eigenvalue weighted by Crippen LogP contribution is 2.37. The van der Waals surface area contributed by atoms with E-state index in [0.717, 1.165) is 18.6 Å². The quantitative estimate of drug-likeness (QED) is 0.721. The Morgan fingerprint density at radius 3 is 2.96 bits per heavy atom. The zero-order chi connectivity index (χ0) is 18.3. The summed E-state index contributed by atoms with van der Waals surface area (Å²) in [5.41, 5.74) is 1.30. The third-order valence-electron chi connectivity index (χ3n) is 4.48. The monoisotopic (exact) mass is 369 g/mol. The van der Waals surface area contributed by atoms with E-state index in [0.29, 0.717) is 35.7 Å². The van der Waals surface area contributed by atoms with Gasteiger partial charge in [0.25, 0.3) is 16.3 Å². The maximum Gasteiger partial charge on any atom is 0.281 e. The summed E-state index contributed by atoms with van der Waals surface area (Å²) in [5.74, 6) is -0.258. The van der Waals surface area contributed by atoms with Gasteiger partial charge in [-0.05, 0) is 37.1 Å². The van der Waals surface area contributed by atoms with Crippen LogP contribution < -0.4 is 10.2 Å². The summed E-state index contributed by atoms with van der Waals surface area (Å²) in [7, 11) is 0. The van der Waals surface area contributed by atoms with Gasteiger partial charge in [-0.2, -0.15) is 5.10 Å². The average molecular weight is 369 g/mol. The van der Waals surface area contributed by atoms with E-state index < -0.39 is 11.6 Å². The summed E-state index contributed by atoms with van der Waals surface area (Å²) < 4.78 is 29.1. The highest BCUT2D eigenvalue weighted by atomic mass is 27.0. The van der Waals surface area contributed by atoms with Crippen molar-refractivity contribution in [3.8, 4) is 0 Å². The van der Waals surface area contributed by atoms with Gasteiger partial charge in [-0.25, -0.2) is 18.3 Å². The first-order chi connectivity index (χ1) is 12.5. The van der Waals surface area contributed by atoms with Crippen LogP contribution in [0.4, 0.5) is 25.1 Å². The molecule has 1 amide bonds. The van der Waals surface area contributed by atoms with Gasteiger partial charge in [0.1, 0.15) is 27.9 Å². The molecule has 0 bridgehead atoms. The maximum absolute atomic E-state index is 14.2. The van der Waals surface area contributed by atoms with Crippen molar-refractivity contribution in [2.24, 2.45) is 0 Å². The van der Waals surface area contributed by atoms with Gasteiger partial charge in [0.15, 0.2) is 5.65 Å². The van der Waals surface area contributed by atoms with Crippen LogP contribution in [0.25, 0.3) is 5.65 Å². The molecule has 2 aromatic heterocycles. The van der Waals surface area contributed by atoms with Crippen molar-refractivity contribution in [1.29, 1.82) is 0 Å². The van der Waals surface area contributed by atoms with Crippen molar-refractivity contribution >= 4 is 38.2 Å². The van der Waals surface area contributed by atoms with Crippen LogP contribution in [0.5, 0.6) is 0 Å². The fraction of sp³-hybridized carbons (Fsp3) is 0.235. The molecule has 1 atom stereocenters. The van der Waals surface area contributed by atoms with E-state index in [9.17, 15) is 13.6 Å². The van der Waals surface area contributed by atoms with Gasteiger partial charge in [-0.3, -0.25) is 0 Å². The molecule has 130 valence electrons. The van der Waals surface area contributed by atoms with Gasteiger partial charge < -0.3 is 15.0 Å². The van der Waals surface area contributed by atoms with Crippen molar-refractivity contribution in [2.75, 3.05) is 16.8 Å². The van der Waals surface area contributed by atoms with Crippen LogP contribution in [0.15, 0.2) is 36.7 Å². The SMILES string of the molecule is O=[C]([Al])Nc1cnn2ccc(N3CCC[C@@H]3c3cc(F)ccc3F)nc12. The van der Waals surface area contributed by atoms with E-state index in [4.69, 9.17) is 0 Å². The lowest BCUT2D eigenvalue weighted by Gasteiger charge is -2.26. The normalized spacial score (nSPS) is 17.0. The van der Waals surface area contributed by atoms with Crippen LogP contribution in [0.1, 0.15) is 24.4 Å². The second-order valence-electron chi connectivity index (χ2n) is 6.12. The van der Waals surface area contributed by atoms with Crippen LogP contribution in [0.3, 0.4) is 0 Å². The molecule has 26 heavy (non-hydrogen) atoms. The first kappa shape index (κ1) is 16.9. The predicted octanol–water partition coefficient (Wildman–Crippen LogP) is 3.05. The van der Waals surface area contributed by atoms with Crippen LogP contribution in [-0.4, -0.2) is 42.2 Å². The minimum atomic E-state index is -0.460. The molecule has 1 aromatic carbocycles. The molecule has 4 rings (SSSR count). The fourth-order valence-corrected chi connectivity index (χ4v) is 3.53. The number of rotatable bonds is 3. The maximum atomic E-state index is 14.2. The first-order valence-corrected chi connectivity index (χ1v) is 8.73. The minimum Gasteiger partial charge on any atom is -0.349 e. The van der Waals surface area contributed by atoms with Crippen molar-refractivity contribution in [2.45, 2.75) is 18.9 Å². The molecule has 1 aliphatic rings. The molecular weight excluding hydrogens is 355 g/mol. The zero-order valence-electron chi connectivity index (χ0n) is 13.7. The van der Waals surface area contributed by atoms with Gasteiger partial charge in [0.05, 0.1) is 12.2 Å². The average Bonchev–Trinajstić information content (AvgIpc) is 3.23. The Kier molecular flexibility index (Phi) is 4.34. The summed E-state index contributed by atoms with van der Waals surface area (Å²) in [6.07, 6.45) is 4.80. The molecule has 0 aliphatic carbocycles. The molecule has 0 saturated carbocycles. The molecule has 2 radical (unpaired) electrons. The largest absolute Gasteiger partial charge is 0.349 e. The molecule has 1 N–H and O–H groups in total. The van der Waals surface area contributed by atoms with Crippen LogP contribution in [0.2, 0.25) is 0 Å². The Morgan fingerprint density at radius 2 is 2.15 bits per heavy atom. The first-order valence-electron chi connectivity index (χ1n) is 8.15. The highest BCUT2D eigenvalue weighted by molar-refractivity contribution is 6.60. The lowest BCUT2D eigenvalue weighted by Crippen LogP contribution is -2.24. The predicted molar refractivity (Wildman–Crippen MR) is 93.4 cm³/mol. The minimum absolute atomic E-state index is 0.289. The Balaban J connectivity index is 1.73. The smallest absolute Gasteiger partial charge is 0.281 e. The molecule has 1 saturated heterocycles. The van der Waals surface area contributed by atoms with Crippen molar-refractivity contribution in [1.82, 2.24) is 14.6 Å². The van der Waals surface area contributed by atoms with Crippen molar-refractivity contribution < 1.29 is 13.6 Å². The number of aromatic nitrogens is 3. The topological polar surface area (TPSA) is 62.5 Å². The number of nitrogens with zero attached hydrogens (tertiary/aromatic N) is 4. The Labute approximate surface area is 156 Å². The summed E-state index contributed by atoms with van der Waals surface area (Å²) in [4.78, 5) is 17.8. The summed E-state index contributed by atoms with van der Waals surface area (Å²) >= 11 is 2.04. The van der Waals surface area contributed by atoms with Crippen molar-refractivity contribution in [3.63, 3.8) is 0 Å². The lowest BCUT2D eigenvalue weighted by atomic mass is 10.0. The fourth-order valence-electron chi connectivity index (χ4n) is 3.37. The van der Waals surface area contributed by atoms with Gasteiger partial charge in [-0.1, -0.05) is 0 Å². The molecule has 6 nitrogen and oxygen atoms in total. The van der Waals surface area contributed by atoms with E-state index in [1.54, 1.807) is 16.8 Å². The Bertz CT molecular complexity index is 992. The second kappa shape index (κ2) is 6.67. The standard InChI is InChI=1S/C17H14F2N5O.Al/c18-11-3-4-13(19)12(8-11)15-2-1-6-23(15)16-5-7-24-17(22-16)14(9-21-24)20-10-25;/h3-5,7-9,15H,1-2,6H2,(H,20,25);/t15-;/m1./s1. The highest BCUT2D eigenvalue weighted by Gasteiger charge is 2.30. The van der Waals surface area contributed by atoms with Gasteiger partial charge >= 0.3 is 0 Å². The van der Waals surface area contributed by atoms with Crippen molar-refractivity contribution in [3.05, 3.63) is 53.9 Å². The van der Waals surface area contributed by atoms with Crippen LogP contribution in [0, 0.1) is 11.6 Å². The van der Waals surface area contributed by atoms with Crippen LogP contribution in [-0.2, 0) is 0 Å². The number of anilines is 2. The van der Waals surface area contributed by atoms with Gasteiger partial charge in [0.2, 0.25) is 0 Å². The molecule has 1 fully saturated rings. The number of nitrogens with one attached hydrogen (secondary N) is 1.